The van der Waals surface area contributed by atoms with Gasteiger partial charge in [0.2, 0.25) is 0 Å². The molecular weight excluding hydrogens is 288 g/mol. The Hall–Kier alpha value is -1.86. The van der Waals surface area contributed by atoms with Crippen molar-refractivity contribution in [2.45, 2.75) is 25.3 Å². The minimum absolute atomic E-state index is 0.255. The van der Waals surface area contributed by atoms with Crippen molar-refractivity contribution >= 4 is 15.7 Å². The Morgan fingerprint density at radius 2 is 2.00 bits per heavy atom. The molecule has 0 amide bonds. The Labute approximate surface area is 125 Å². The third-order valence-corrected chi connectivity index (χ3v) is 5.61. The molecule has 1 aromatic heterocycles. The number of sulfonamides is 1. The van der Waals surface area contributed by atoms with Gasteiger partial charge in [0.25, 0.3) is 10.0 Å². The summed E-state index contributed by atoms with van der Waals surface area (Å²) in [6.07, 6.45) is 0. The third-order valence-electron chi connectivity index (χ3n) is 3.57. The predicted octanol–water partition coefficient (Wildman–Crippen LogP) is 1.32. The van der Waals surface area contributed by atoms with Crippen molar-refractivity contribution in [3.8, 4) is 0 Å². The van der Waals surface area contributed by atoms with Gasteiger partial charge in [-0.25, -0.2) is 8.42 Å². The quantitative estimate of drug-likeness (QED) is 0.923. The molecule has 0 bridgehead atoms. The minimum Gasteiger partial charge on any atom is -0.326 e. The zero-order valence-electron chi connectivity index (χ0n) is 12.7. The molecule has 0 saturated carbocycles. The van der Waals surface area contributed by atoms with E-state index in [0.717, 1.165) is 5.56 Å². The Bertz CT molecular complexity index is 765. The lowest BCUT2D eigenvalue weighted by Crippen LogP contribution is -2.27. The number of aryl methyl sites for hydroxylation is 2. The molecular formula is C14H20N4O2S. The lowest BCUT2D eigenvalue weighted by atomic mass is 10.2. The average Bonchev–Trinajstić information content (AvgIpc) is 2.71. The van der Waals surface area contributed by atoms with Gasteiger partial charge in [0.05, 0.1) is 17.1 Å². The summed E-state index contributed by atoms with van der Waals surface area (Å²) in [4.78, 5) is 0.255. The van der Waals surface area contributed by atoms with Crippen molar-refractivity contribution in [1.29, 1.82) is 0 Å². The smallest absolute Gasteiger partial charge is 0.267 e. The van der Waals surface area contributed by atoms with Crippen LogP contribution < -0.4 is 10.0 Å². The van der Waals surface area contributed by atoms with Crippen molar-refractivity contribution in [2.75, 3.05) is 11.4 Å². The second kappa shape index (κ2) is 5.50. The van der Waals surface area contributed by atoms with Crippen LogP contribution in [0.25, 0.3) is 0 Å². The van der Waals surface area contributed by atoms with Gasteiger partial charge in [0.1, 0.15) is 4.90 Å². The molecule has 0 radical (unpaired) electrons. The molecule has 7 heteroatoms. The van der Waals surface area contributed by atoms with E-state index in [0.29, 0.717) is 23.6 Å². The zero-order valence-corrected chi connectivity index (χ0v) is 13.5. The number of nitrogens with zero attached hydrogens (tertiary/aromatic N) is 3. The van der Waals surface area contributed by atoms with Crippen LogP contribution in [-0.4, -0.2) is 25.2 Å². The molecule has 0 saturated heterocycles. The molecule has 2 rings (SSSR count). The normalized spacial score (nSPS) is 11.7. The molecule has 0 aliphatic heterocycles. The summed E-state index contributed by atoms with van der Waals surface area (Å²) in [5.41, 5.74) is 8.19. The molecule has 0 fully saturated rings. The SMILES string of the molecule is Cc1nn(C)c(C)c1S(=O)(=O)N(C)c1cccc(CN)c1. The van der Waals surface area contributed by atoms with Crippen LogP contribution in [0, 0.1) is 13.8 Å². The van der Waals surface area contributed by atoms with E-state index in [4.69, 9.17) is 5.73 Å². The summed E-state index contributed by atoms with van der Waals surface area (Å²) in [6, 6.07) is 7.19. The van der Waals surface area contributed by atoms with Crippen LogP contribution in [0.1, 0.15) is 17.0 Å². The number of benzene rings is 1. The number of hydrogen-bond acceptors (Lipinski definition) is 4. The van der Waals surface area contributed by atoms with Gasteiger partial charge in [-0.2, -0.15) is 5.10 Å². The van der Waals surface area contributed by atoms with Gasteiger partial charge in [-0.05, 0) is 31.5 Å². The van der Waals surface area contributed by atoms with Crippen LogP contribution in [-0.2, 0) is 23.6 Å². The molecule has 0 atom stereocenters. The maximum absolute atomic E-state index is 12.8. The van der Waals surface area contributed by atoms with Gasteiger partial charge in [0, 0.05) is 20.6 Å². The first-order valence-corrected chi connectivity index (χ1v) is 8.01. The highest BCUT2D eigenvalue weighted by Crippen LogP contribution is 2.26. The third kappa shape index (κ3) is 2.66. The fraction of sp³-hybridized carbons (Fsp3) is 0.357. The lowest BCUT2D eigenvalue weighted by Gasteiger charge is -2.20. The summed E-state index contributed by atoms with van der Waals surface area (Å²) in [5, 5.41) is 4.18. The molecule has 2 aromatic rings. The van der Waals surface area contributed by atoms with Crippen LogP contribution in [0.5, 0.6) is 0 Å². The molecule has 2 N–H and O–H groups in total. The molecule has 0 spiro atoms. The van der Waals surface area contributed by atoms with Gasteiger partial charge in [-0.15, -0.1) is 0 Å². The summed E-state index contributed by atoms with van der Waals surface area (Å²) in [7, 11) is -0.377. The van der Waals surface area contributed by atoms with Crippen molar-refractivity contribution in [3.05, 3.63) is 41.2 Å². The summed E-state index contributed by atoms with van der Waals surface area (Å²) < 4.78 is 28.5. The standard InChI is InChI=1S/C14H20N4O2S/c1-10-14(11(2)17(3)16-10)21(19,20)18(4)13-7-5-6-12(8-13)9-15/h5-8H,9,15H2,1-4H3. The molecule has 0 unspecified atom stereocenters. The van der Waals surface area contributed by atoms with Gasteiger partial charge in [-0.1, -0.05) is 12.1 Å². The Balaban J connectivity index is 2.52. The molecule has 1 heterocycles. The fourth-order valence-corrected chi connectivity index (χ4v) is 3.87. The molecule has 0 aliphatic rings. The molecule has 6 nitrogen and oxygen atoms in total. The van der Waals surface area contributed by atoms with Crippen molar-refractivity contribution in [2.24, 2.45) is 12.8 Å². The highest BCUT2D eigenvalue weighted by molar-refractivity contribution is 7.92. The van der Waals surface area contributed by atoms with E-state index in [1.54, 1.807) is 43.8 Å². The Kier molecular flexibility index (Phi) is 4.06. The number of nitrogens with two attached hydrogens (primary N) is 1. The number of rotatable bonds is 4. The molecule has 1 aromatic carbocycles. The van der Waals surface area contributed by atoms with Gasteiger partial charge in [-0.3, -0.25) is 8.99 Å². The van der Waals surface area contributed by atoms with E-state index in [1.807, 2.05) is 6.07 Å². The monoisotopic (exact) mass is 308 g/mol. The number of aromatic nitrogens is 2. The highest BCUT2D eigenvalue weighted by Gasteiger charge is 2.28. The van der Waals surface area contributed by atoms with Crippen molar-refractivity contribution < 1.29 is 8.42 Å². The van der Waals surface area contributed by atoms with Crippen LogP contribution in [0.2, 0.25) is 0 Å². The zero-order chi connectivity index (χ0) is 15.8. The maximum atomic E-state index is 12.8. The van der Waals surface area contributed by atoms with E-state index < -0.39 is 10.0 Å². The molecule has 0 aliphatic carbocycles. The second-order valence-corrected chi connectivity index (χ2v) is 6.88. The highest BCUT2D eigenvalue weighted by atomic mass is 32.2. The largest absolute Gasteiger partial charge is 0.326 e. The van der Waals surface area contributed by atoms with E-state index in [-0.39, 0.29) is 4.90 Å². The Morgan fingerprint density at radius 1 is 1.33 bits per heavy atom. The minimum atomic E-state index is -3.65. The van der Waals surface area contributed by atoms with E-state index in [1.165, 1.54) is 11.4 Å². The number of anilines is 1. The summed E-state index contributed by atoms with van der Waals surface area (Å²) >= 11 is 0. The van der Waals surface area contributed by atoms with Crippen LogP contribution in [0.3, 0.4) is 0 Å². The summed E-state index contributed by atoms with van der Waals surface area (Å²) in [6.45, 7) is 3.81. The Morgan fingerprint density at radius 3 is 2.52 bits per heavy atom. The van der Waals surface area contributed by atoms with Crippen LogP contribution in [0.4, 0.5) is 5.69 Å². The van der Waals surface area contributed by atoms with Crippen LogP contribution >= 0.6 is 0 Å². The number of hydrogen-bond donors (Lipinski definition) is 1. The van der Waals surface area contributed by atoms with Gasteiger partial charge < -0.3 is 5.73 Å². The lowest BCUT2D eigenvalue weighted by molar-refractivity contribution is 0.592. The predicted molar refractivity (Wildman–Crippen MR) is 82.6 cm³/mol. The van der Waals surface area contributed by atoms with Gasteiger partial charge in [0.15, 0.2) is 0 Å². The van der Waals surface area contributed by atoms with Crippen molar-refractivity contribution in [1.82, 2.24) is 9.78 Å². The van der Waals surface area contributed by atoms with E-state index >= 15 is 0 Å². The van der Waals surface area contributed by atoms with Gasteiger partial charge >= 0.3 is 0 Å². The van der Waals surface area contributed by atoms with Crippen LogP contribution in [0.15, 0.2) is 29.2 Å². The maximum Gasteiger partial charge on any atom is 0.267 e. The summed E-state index contributed by atoms with van der Waals surface area (Å²) in [5.74, 6) is 0. The topological polar surface area (TPSA) is 81.2 Å². The average molecular weight is 308 g/mol. The second-order valence-electron chi connectivity index (χ2n) is 4.97. The van der Waals surface area contributed by atoms with E-state index in [2.05, 4.69) is 5.10 Å². The first-order chi connectivity index (χ1) is 9.78. The molecule has 114 valence electrons. The van der Waals surface area contributed by atoms with E-state index in [9.17, 15) is 8.42 Å². The first-order valence-electron chi connectivity index (χ1n) is 6.57. The van der Waals surface area contributed by atoms with Crippen molar-refractivity contribution in [3.63, 3.8) is 0 Å². The first kappa shape index (κ1) is 15.5. The fourth-order valence-electron chi connectivity index (χ4n) is 2.28. The molecule has 21 heavy (non-hydrogen) atoms.